The van der Waals surface area contributed by atoms with Gasteiger partial charge in [-0.05, 0) is 42.8 Å². The van der Waals surface area contributed by atoms with Gasteiger partial charge < -0.3 is 15.8 Å². The van der Waals surface area contributed by atoms with Gasteiger partial charge in [0.05, 0.1) is 18.5 Å². The van der Waals surface area contributed by atoms with E-state index < -0.39 is 27.9 Å². The first-order chi connectivity index (χ1) is 13.1. The fourth-order valence-corrected chi connectivity index (χ4v) is 4.00. The van der Waals surface area contributed by atoms with Gasteiger partial charge in [0.1, 0.15) is 5.75 Å². The third-order valence-electron chi connectivity index (χ3n) is 4.34. The number of nitrogens with two attached hydrogens (primary N) is 1. The number of benzene rings is 2. The summed E-state index contributed by atoms with van der Waals surface area (Å²) in [6.07, 6.45) is -0.0571. The molecule has 0 bridgehead atoms. The number of carbonyl (C=O) groups excluding carboxylic acids is 2. The normalized spacial score (nSPS) is 16.1. The maximum absolute atomic E-state index is 12.8. The van der Waals surface area contributed by atoms with Crippen LogP contribution in [0.1, 0.15) is 15.9 Å². The van der Waals surface area contributed by atoms with Crippen LogP contribution in [0.15, 0.2) is 36.4 Å². The smallest absolute Gasteiger partial charge is 0.267 e. The summed E-state index contributed by atoms with van der Waals surface area (Å²) in [6.45, 7) is 1.43. The molecule has 2 amide bonds. The molecular formula is C18H18ClN3O5S. The van der Waals surface area contributed by atoms with Crippen molar-refractivity contribution in [3.63, 3.8) is 0 Å². The molecule has 1 heterocycles. The monoisotopic (exact) mass is 423 g/mol. The number of hydrogen-bond donors (Lipinski definition) is 2. The number of nitrogens with zero attached hydrogens (tertiary/aromatic N) is 1. The highest BCUT2D eigenvalue weighted by atomic mass is 35.5. The van der Waals surface area contributed by atoms with Crippen LogP contribution >= 0.6 is 11.6 Å². The molecule has 28 heavy (non-hydrogen) atoms. The molecule has 0 spiro atoms. The fraction of sp³-hybridized carbons (Fsp3) is 0.222. The summed E-state index contributed by atoms with van der Waals surface area (Å²) in [5, 5.41) is 3.02. The molecule has 10 heteroatoms. The molecule has 2 aromatic carbocycles. The van der Waals surface area contributed by atoms with Crippen molar-refractivity contribution < 1.29 is 22.7 Å². The first-order valence-corrected chi connectivity index (χ1v) is 10.4. The zero-order valence-corrected chi connectivity index (χ0v) is 16.7. The summed E-state index contributed by atoms with van der Waals surface area (Å²) in [4.78, 5) is 24.2. The summed E-state index contributed by atoms with van der Waals surface area (Å²) in [5.41, 5.74) is 6.77. The molecular weight excluding hydrogens is 406 g/mol. The van der Waals surface area contributed by atoms with E-state index in [1.54, 1.807) is 31.2 Å². The van der Waals surface area contributed by atoms with Gasteiger partial charge in [-0.15, -0.1) is 0 Å². The Hall–Kier alpha value is -2.78. The molecule has 0 aromatic heterocycles. The van der Waals surface area contributed by atoms with Crippen molar-refractivity contribution in [1.82, 2.24) is 0 Å². The number of ether oxygens (including phenoxy) is 1. The summed E-state index contributed by atoms with van der Waals surface area (Å²) in [5.74, 6) is -0.945. The van der Waals surface area contributed by atoms with Crippen LogP contribution in [0.2, 0.25) is 5.02 Å². The lowest BCUT2D eigenvalue weighted by Gasteiger charge is -2.34. The van der Waals surface area contributed by atoms with Gasteiger partial charge in [0, 0.05) is 16.3 Å². The SMILES string of the molecule is Cc1c(NC(=O)C2CN(S(C)(=O)=O)c3cc(Cl)ccc3O2)cccc1C(N)=O. The maximum Gasteiger partial charge on any atom is 0.267 e. The number of nitrogens with one attached hydrogen (secondary N) is 1. The minimum absolute atomic E-state index is 0.216. The molecule has 1 atom stereocenters. The average Bonchev–Trinajstić information content (AvgIpc) is 2.61. The van der Waals surface area contributed by atoms with E-state index in [-0.39, 0.29) is 23.5 Å². The van der Waals surface area contributed by atoms with Crippen molar-refractivity contribution in [1.29, 1.82) is 0 Å². The van der Waals surface area contributed by atoms with Crippen molar-refractivity contribution in [2.45, 2.75) is 13.0 Å². The number of hydrogen-bond acceptors (Lipinski definition) is 5. The van der Waals surface area contributed by atoms with Gasteiger partial charge in [-0.25, -0.2) is 8.42 Å². The van der Waals surface area contributed by atoms with E-state index in [9.17, 15) is 18.0 Å². The van der Waals surface area contributed by atoms with Gasteiger partial charge in [0.15, 0.2) is 6.10 Å². The molecule has 148 valence electrons. The van der Waals surface area contributed by atoms with Crippen LogP contribution in [0.25, 0.3) is 0 Å². The first kappa shape index (κ1) is 20.0. The van der Waals surface area contributed by atoms with Crippen LogP contribution in [0.3, 0.4) is 0 Å². The second-order valence-corrected chi connectivity index (χ2v) is 8.69. The number of sulfonamides is 1. The predicted octanol–water partition coefficient (Wildman–Crippen LogP) is 1.91. The molecule has 0 saturated heterocycles. The Morgan fingerprint density at radius 1 is 1.29 bits per heavy atom. The zero-order valence-electron chi connectivity index (χ0n) is 15.1. The molecule has 3 rings (SSSR count). The van der Waals surface area contributed by atoms with Crippen molar-refractivity contribution in [3.8, 4) is 5.75 Å². The van der Waals surface area contributed by atoms with Gasteiger partial charge in [-0.1, -0.05) is 17.7 Å². The van der Waals surface area contributed by atoms with Gasteiger partial charge >= 0.3 is 0 Å². The van der Waals surface area contributed by atoms with Crippen LogP contribution in [0.5, 0.6) is 5.75 Å². The summed E-state index contributed by atoms with van der Waals surface area (Å²) in [6, 6.07) is 9.27. The maximum atomic E-state index is 12.8. The second-order valence-electron chi connectivity index (χ2n) is 6.34. The van der Waals surface area contributed by atoms with Gasteiger partial charge in [-0.2, -0.15) is 0 Å². The van der Waals surface area contributed by atoms with E-state index in [4.69, 9.17) is 22.1 Å². The number of anilines is 2. The van der Waals surface area contributed by atoms with E-state index >= 15 is 0 Å². The Bertz CT molecular complexity index is 1070. The molecule has 8 nitrogen and oxygen atoms in total. The zero-order chi connectivity index (χ0) is 20.6. The minimum atomic E-state index is -3.67. The van der Waals surface area contributed by atoms with Crippen LogP contribution in [-0.2, 0) is 14.8 Å². The Morgan fingerprint density at radius 2 is 2.00 bits per heavy atom. The van der Waals surface area contributed by atoms with Crippen molar-refractivity contribution >= 4 is 44.8 Å². The Morgan fingerprint density at radius 3 is 2.64 bits per heavy atom. The van der Waals surface area contributed by atoms with Gasteiger partial charge in [0.25, 0.3) is 5.91 Å². The number of fused-ring (bicyclic) bond motifs is 1. The number of primary amides is 1. The molecule has 1 unspecified atom stereocenters. The fourth-order valence-electron chi connectivity index (χ4n) is 2.93. The second kappa shape index (κ2) is 7.33. The molecule has 0 aliphatic carbocycles. The Labute approximate surface area is 167 Å². The third kappa shape index (κ3) is 3.90. The lowest BCUT2D eigenvalue weighted by Crippen LogP contribution is -2.48. The topological polar surface area (TPSA) is 119 Å². The van der Waals surface area contributed by atoms with Crippen LogP contribution < -0.4 is 20.1 Å². The highest BCUT2D eigenvalue weighted by Gasteiger charge is 2.35. The molecule has 1 aliphatic rings. The van der Waals surface area contributed by atoms with E-state index in [2.05, 4.69) is 5.32 Å². The highest BCUT2D eigenvalue weighted by molar-refractivity contribution is 7.92. The number of rotatable bonds is 4. The van der Waals surface area contributed by atoms with E-state index in [1.165, 1.54) is 12.1 Å². The summed E-state index contributed by atoms with van der Waals surface area (Å²) < 4.78 is 31.2. The molecule has 0 radical (unpaired) electrons. The van der Waals surface area contributed by atoms with Crippen LogP contribution in [-0.4, -0.2) is 39.1 Å². The lowest BCUT2D eigenvalue weighted by molar-refractivity contribution is -0.122. The van der Waals surface area contributed by atoms with Crippen LogP contribution in [0.4, 0.5) is 11.4 Å². The number of halogens is 1. The molecule has 0 saturated carbocycles. The number of carbonyl (C=O) groups is 2. The standard InChI is InChI=1S/C18H18ClN3O5S/c1-10-12(17(20)23)4-3-5-13(10)21-18(24)16-9-22(28(2,25)26)14-8-11(19)6-7-15(14)27-16/h3-8,16H,9H2,1-2H3,(H2,20,23)(H,21,24). The van der Waals surface area contributed by atoms with Crippen LogP contribution in [0, 0.1) is 6.92 Å². The van der Waals surface area contributed by atoms with Crippen molar-refractivity contribution in [3.05, 3.63) is 52.5 Å². The highest BCUT2D eigenvalue weighted by Crippen LogP contribution is 2.37. The predicted molar refractivity (Wildman–Crippen MR) is 106 cm³/mol. The summed E-state index contributed by atoms with van der Waals surface area (Å²) >= 11 is 5.96. The van der Waals surface area contributed by atoms with Gasteiger partial charge in [-0.3, -0.25) is 13.9 Å². The largest absolute Gasteiger partial charge is 0.476 e. The van der Waals surface area contributed by atoms with Gasteiger partial charge in [0.2, 0.25) is 15.9 Å². The van der Waals surface area contributed by atoms with Crippen molar-refractivity contribution in [2.75, 3.05) is 22.4 Å². The average molecular weight is 424 g/mol. The summed E-state index contributed by atoms with van der Waals surface area (Å²) in [7, 11) is -3.67. The Kier molecular flexibility index (Phi) is 5.22. The number of amides is 2. The van der Waals surface area contributed by atoms with Crippen molar-refractivity contribution in [2.24, 2.45) is 5.73 Å². The van der Waals surface area contributed by atoms with E-state index in [1.807, 2.05) is 0 Å². The third-order valence-corrected chi connectivity index (χ3v) is 5.72. The Balaban J connectivity index is 1.91. The molecule has 3 N–H and O–H groups in total. The van der Waals surface area contributed by atoms with E-state index in [0.717, 1.165) is 10.6 Å². The molecule has 1 aliphatic heterocycles. The molecule has 0 fully saturated rings. The first-order valence-electron chi connectivity index (χ1n) is 8.22. The lowest BCUT2D eigenvalue weighted by atomic mass is 10.1. The minimum Gasteiger partial charge on any atom is -0.476 e. The van der Waals surface area contributed by atoms with E-state index in [0.29, 0.717) is 16.3 Å². The molecule has 2 aromatic rings. The quantitative estimate of drug-likeness (QED) is 0.778.